The minimum absolute atomic E-state index is 0.0504. The van der Waals surface area contributed by atoms with Crippen molar-refractivity contribution in [3.05, 3.63) is 42.7 Å². The maximum absolute atomic E-state index is 5.73. The van der Waals surface area contributed by atoms with E-state index in [1.54, 1.807) is 18.6 Å². The summed E-state index contributed by atoms with van der Waals surface area (Å²) in [7, 11) is 0. The molecule has 1 atom stereocenters. The first-order valence-corrected chi connectivity index (χ1v) is 5.83. The zero-order valence-corrected chi connectivity index (χ0v) is 9.81. The Bertz CT molecular complexity index is 447. The summed E-state index contributed by atoms with van der Waals surface area (Å²) in [4.78, 5) is 18.8. The molecule has 2 aromatic rings. The van der Waals surface area contributed by atoms with Crippen molar-refractivity contribution in [3.8, 4) is 0 Å². The Hall–Kier alpha value is -2.08. The molecule has 1 fully saturated rings. The lowest BCUT2D eigenvalue weighted by Gasteiger charge is -2.32. The number of rotatable bonds is 2. The highest BCUT2D eigenvalue weighted by Gasteiger charge is 2.24. The molecule has 6 nitrogen and oxygen atoms in total. The van der Waals surface area contributed by atoms with Gasteiger partial charge in [0.05, 0.1) is 18.8 Å². The van der Waals surface area contributed by atoms with Crippen molar-refractivity contribution < 1.29 is 4.74 Å². The third-order valence-corrected chi connectivity index (χ3v) is 2.84. The molecule has 3 rings (SSSR count). The van der Waals surface area contributed by atoms with E-state index in [4.69, 9.17) is 4.74 Å². The predicted molar refractivity (Wildman–Crippen MR) is 65.0 cm³/mol. The van der Waals surface area contributed by atoms with E-state index in [1.807, 2.05) is 12.1 Å². The van der Waals surface area contributed by atoms with Gasteiger partial charge in [-0.25, -0.2) is 19.9 Å². The highest BCUT2D eigenvalue weighted by atomic mass is 16.5. The molecule has 1 aliphatic rings. The fourth-order valence-electron chi connectivity index (χ4n) is 1.96. The van der Waals surface area contributed by atoms with Gasteiger partial charge < -0.3 is 9.64 Å². The van der Waals surface area contributed by atoms with Crippen LogP contribution in [0.1, 0.15) is 11.8 Å². The smallest absolute Gasteiger partial charge is 0.225 e. The lowest BCUT2D eigenvalue weighted by atomic mass is 10.2. The highest BCUT2D eigenvalue weighted by Crippen LogP contribution is 2.21. The topological polar surface area (TPSA) is 64.0 Å². The summed E-state index contributed by atoms with van der Waals surface area (Å²) >= 11 is 0. The molecule has 0 bridgehead atoms. The van der Waals surface area contributed by atoms with Gasteiger partial charge in [-0.15, -0.1) is 0 Å². The van der Waals surface area contributed by atoms with Crippen molar-refractivity contribution in [2.24, 2.45) is 0 Å². The van der Waals surface area contributed by atoms with E-state index in [9.17, 15) is 0 Å². The summed E-state index contributed by atoms with van der Waals surface area (Å²) in [5.41, 5.74) is 0.894. The summed E-state index contributed by atoms with van der Waals surface area (Å²) < 4.78 is 5.73. The second-order valence-electron chi connectivity index (χ2n) is 3.99. The first kappa shape index (κ1) is 11.0. The number of hydrogen-bond acceptors (Lipinski definition) is 6. The standard InChI is InChI=1S/C12H13N5O/c1-3-14-12(15-4-1)17-6-7-18-11(8-17)10-2-5-13-9-16-10/h1-5,9,11H,6-8H2/t11-/m0/s1. The quantitative estimate of drug-likeness (QED) is 0.779. The van der Waals surface area contributed by atoms with Gasteiger partial charge in [0.2, 0.25) is 5.95 Å². The molecule has 1 saturated heterocycles. The highest BCUT2D eigenvalue weighted by molar-refractivity contribution is 5.30. The molecule has 0 spiro atoms. The number of nitrogens with zero attached hydrogens (tertiary/aromatic N) is 5. The summed E-state index contributed by atoms with van der Waals surface area (Å²) in [6.45, 7) is 2.15. The van der Waals surface area contributed by atoms with E-state index in [1.165, 1.54) is 6.33 Å². The van der Waals surface area contributed by atoms with Gasteiger partial charge in [-0.1, -0.05) is 0 Å². The molecule has 0 saturated carbocycles. The second kappa shape index (κ2) is 5.05. The number of ether oxygens (including phenoxy) is 1. The molecule has 0 unspecified atom stereocenters. The number of hydrogen-bond donors (Lipinski definition) is 0. The molecular formula is C12H13N5O. The Morgan fingerprint density at radius 1 is 1.17 bits per heavy atom. The molecular weight excluding hydrogens is 230 g/mol. The summed E-state index contributed by atoms with van der Waals surface area (Å²) in [6, 6.07) is 3.69. The van der Waals surface area contributed by atoms with Crippen LogP contribution in [0.15, 0.2) is 37.1 Å². The third-order valence-electron chi connectivity index (χ3n) is 2.84. The average Bonchev–Trinajstić information content (AvgIpc) is 2.49. The van der Waals surface area contributed by atoms with Crippen LogP contribution >= 0.6 is 0 Å². The van der Waals surface area contributed by atoms with Gasteiger partial charge in [-0.05, 0) is 12.1 Å². The minimum Gasteiger partial charge on any atom is -0.368 e. The monoisotopic (exact) mass is 243 g/mol. The number of aromatic nitrogens is 4. The predicted octanol–water partition coefficient (Wildman–Crippen LogP) is 0.844. The molecule has 2 aromatic heterocycles. The summed E-state index contributed by atoms with van der Waals surface area (Å²) in [5.74, 6) is 0.736. The zero-order valence-electron chi connectivity index (χ0n) is 9.81. The van der Waals surface area contributed by atoms with Crippen LogP contribution in [0, 0.1) is 0 Å². The van der Waals surface area contributed by atoms with E-state index in [0.29, 0.717) is 13.2 Å². The van der Waals surface area contributed by atoms with E-state index in [2.05, 4.69) is 24.8 Å². The Morgan fingerprint density at radius 2 is 2.06 bits per heavy atom. The maximum Gasteiger partial charge on any atom is 0.225 e. The normalized spacial score (nSPS) is 19.8. The maximum atomic E-state index is 5.73. The van der Waals surface area contributed by atoms with Crippen molar-refractivity contribution in [1.82, 2.24) is 19.9 Å². The van der Waals surface area contributed by atoms with Gasteiger partial charge >= 0.3 is 0 Å². The molecule has 0 aromatic carbocycles. The van der Waals surface area contributed by atoms with Gasteiger partial charge in [0.25, 0.3) is 0 Å². The van der Waals surface area contributed by atoms with Crippen LogP contribution < -0.4 is 4.90 Å². The minimum atomic E-state index is -0.0504. The lowest BCUT2D eigenvalue weighted by molar-refractivity contribution is 0.0364. The third kappa shape index (κ3) is 2.28. The Morgan fingerprint density at radius 3 is 2.83 bits per heavy atom. The molecule has 0 N–H and O–H groups in total. The molecule has 1 aliphatic heterocycles. The fourth-order valence-corrected chi connectivity index (χ4v) is 1.96. The van der Waals surface area contributed by atoms with Crippen LogP contribution in [0.4, 0.5) is 5.95 Å². The van der Waals surface area contributed by atoms with E-state index < -0.39 is 0 Å². The molecule has 0 radical (unpaired) electrons. The Labute approximate surface area is 105 Å². The second-order valence-corrected chi connectivity index (χ2v) is 3.99. The molecule has 0 amide bonds. The molecule has 0 aliphatic carbocycles. The SMILES string of the molecule is c1cnc(N2CCO[C@H](c3ccncn3)C2)nc1. The van der Waals surface area contributed by atoms with Crippen molar-refractivity contribution in [3.63, 3.8) is 0 Å². The Balaban J connectivity index is 1.77. The molecule has 92 valence electrons. The van der Waals surface area contributed by atoms with Crippen LogP contribution in [0.3, 0.4) is 0 Å². The largest absolute Gasteiger partial charge is 0.368 e. The van der Waals surface area contributed by atoms with Gasteiger partial charge in [0, 0.05) is 25.1 Å². The van der Waals surface area contributed by atoms with E-state index in [0.717, 1.165) is 18.2 Å². The van der Waals surface area contributed by atoms with Crippen LogP contribution in [0.25, 0.3) is 0 Å². The molecule has 18 heavy (non-hydrogen) atoms. The van der Waals surface area contributed by atoms with Crippen LogP contribution in [0.5, 0.6) is 0 Å². The van der Waals surface area contributed by atoms with Crippen molar-refractivity contribution in [2.45, 2.75) is 6.10 Å². The molecule has 3 heterocycles. The fraction of sp³-hybridized carbons (Fsp3) is 0.333. The van der Waals surface area contributed by atoms with Gasteiger partial charge in [-0.3, -0.25) is 0 Å². The van der Waals surface area contributed by atoms with Gasteiger partial charge in [0.15, 0.2) is 0 Å². The van der Waals surface area contributed by atoms with E-state index in [-0.39, 0.29) is 6.10 Å². The van der Waals surface area contributed by atoms with Crippen LogP contribution in [0.2, 0.25) is 0 Å². The lowest BCUT2D eigenvalue weighted by Crippen LogP contribution is -2.39. The number of morpholine rings is 1. The number of anilines is 1. The van der Waals surface area contributed by atoms with Crippen molar-refractivity contribution in [1.29, 1.82) is 0 Å². The zero-order chi connectivity index (χ0) is 12.2. The Kier molecular flexibility index (Phi) is 3.10. The van der Waals surface area contributed by atoms with E-state index >= 15 is 0 Å². The molecule has 6 heteroatoms. The first-order valence-electron chi connectivity index (χ1n) is 5.83. The van der Waals surface area contributed by atoms with Crippen molar-refractivity contribution >= 4 is 5.95 Å². The van der Waals surface area contributed by atoms with Gasteiger partial charge in [-0.2, -0.15) is 0 Å². The van der Waals surface area contributed by atoms with Crippen molar-refractivity contribution in [2.75, 3.05) is 24.6 Å². The summed E-state index contributed by atoms with van der Waals surface area (Å²) in [6.07, 6.45) is 6.71. The van der Waals surface area contributed by atoms with Crippen LogP contribution in [-0.4, -0.2) is 39.6 Å². The van der Waals surface area contributed by atoms with Crippen LogP contribution in [-0.2, 0) is 4.74 Å². The van der Waals surface area contributed by atoms with Gasteiger partial charge in [0.1, 0.15) is 12.4 Å². The summed E-state index contributed by atoms with van der Waals surface area (Å²) in [5, 5.41) is 0. The average molecular weight is 243 g/mol. The first-order chi connectivity index (χ1) is 8.93.